The van der Waals surface area contributed by atoms with Crippen LogP contribution in [0.2, 0.25) is 10.0 Å². The van der Waals surface area contributed by atoms with Crippen LogP contribution in [0.1, 0.15) is 24.1 Å². The summed E-state index contributed by atoms with van der Waals surface area (Å²) in [5.74, 6) is -0.148. The molecule has 4 nitrogen and oxygen atoms in total. The van der Waals surface area contributed by atoms with E-state index in [4.69, 9.17) is 28.5 Å². The first-order valence-corrected chi connectivity index (χ1v) is 7.84. The van der Waals surface area contributed by atoms with Crippen molar-refractivity contribution >= 4 is 34.8 Å². The second-order valence-electron chi connectivity index (χ2n) is 5.10. The molecule has 0 aromatic heterocycles. The Morgan fingerprint density at radius 2 is 2.00 bits per heavy atom. The quantitative estimate of drug-likeness (QED) is 0.871. The topological polar surface area (TPSA) is 69.5 Å². The normalized spacial score (nSPS) is 11.6. The SMILES string of the molecule is C[C@H]([NH2+]CC(=O)Nc1ccc(C#N)c(Cl)c1)c1ccccc1Cl. The lowest BCUT2D eigenvalue weighted by Crippen LogP contribution is -2.86. The monoisotopic (exact) mass is 348 g/mol. The maximum Gasteiger partial charge on any atom is 0.279 e. The Labute approximate surface area is 145 Å². The van der Waals surface area contributed by atoms with Gasteiger partial charge in [0.2, 0.25) is 0 Å². The first-order chi connectivity index (χ1) is 11.0. The van der Waals surface area contributed by atoms with Crippen molar-refractivity contribution in [3.8, 4) is 6.07 Å². The van der Waals surface area contributed by atoms with E-state index in [2.05, 4.69) is 5.32 Å². The molecule has 0 heterocycles. The van der Waals surface area contributed by atoms with Gasteiger partial charge in [0.1, 0.15) is 12.1 Å². The summed E-state index contributed by atoms with van der Waals surface area (Å²) in [5.41, 5.74) is 1.93. The maximum atomic E-state index is 12.0. The second kappa shape index (κ2) is 7.98. The lowest BCUT2D eigenvalue weighted by molar-refractivity contribution is -0.682. The number of carbonyl (C=O) groups is 1. The van der Waals surface area contributed by atoms with Crippen LogP contribution in [-0.4, -0.2) is 12.5 Å². The number of hydrogen-bond donors (Lipinski definition) is 2. The highest BCUT2D eigenvalue weighted by Gasteiger charge is 2.14. The number of nitrogens with zero attached hydrogens (tertiary/aromatic N) is 1. The molecule has 0 aliphatic rings. The minimum absolute atomic E-state index is 0.0685. The molecule has 3 N–H and O–H groups in total. The van der Waals surface area contributed by atoms with Crippen molar-refractivity contribution in [3.63, 3.8) is 0 Å². The Balaban J connectivity index is 1.92. The number of carbonyl (C=O) groups excluding carboxylic acids is 1. The summed E-state index contributed by atoms with van der Waals surface area (Å²) in [6.45, 7) is 2.25. The number of nitrogens with two attached hydrogens (primary N) is 1. The molecule has 0 saturated heterocycles. The third kappa shape index (κ3) is 4.70. The van der Waals surface area contributed by atoms with Crippen LogP contribution in [0.3, 0.4) is 0 Å². The molecule has 0 saturated carbocycles. The van der Waals surface area contributed by atoms with Crippen molar-refractivity contribution in [3.05, 3.63) is 63.6 Å². The third-order valence-corrected chi connectivity index (χ3v) is 4.08. The Kier molecular flexibility index (Phi) is 6.00. The number of anilines is 1. The van der Waals surface area contributed by atoms with E-state index in [9.17, 15) is 4.79 Å². The third-order valence-electron chi connectivity index (χ3n) is 3.43. The molecule has 0 spiro atoms. The number of halogens is 2. The first kappa shape index (κ1) is 17.3. The molecule has 1 atom stereocenters. The Morgan fingerprint density at radius 3 is 2.65 bits per heavy atom. The molecular weight excluding hydrogens is 333 g/mol. The number of nitriles is 1. The maximum absolute atomic E-state index is 12.0. The molecule has 2 rings (SSSR count). The largest absolute Gasteiger partial charge is 0.332 e. The Morgan fingerprint density at radius 1 is 1.26 bits per heavy atom. The minimum atomic E-state index is -0.148. The van der Waals surface area contributed by atoms with E-state index in [0.29, 0.717) is 21.3 Å². The molecule has 2 aromatic carbocycles. The van der Waals surface area contributed by atoms with Crippen molar-refractivity contribution in [1.29, 1.82) is 5.26 Å². The van der Waals surface area contributed by atoms with Crippen LogP contribution >= 0.6 is 23.2 Å². The summed E-state index contributed by atoms with van der Waals surface area (Å²) in [7, 11) is 0. The van der Waals surface area contributed by atoms with Gasteiger partial charge in [-0.15, -0.1) is 0 Å². The predicted molar refractivity (Wildman–Crippen MR) is 91.5 cm³/mol. The number of nitrogens with one attached hydrogen (secondary N) is 1. The van der Waals surface area contributed by atoms with Gasteiger partial charge in [0.05, 0.1) is 10.6 Å². The average Bonchev–Trinajstić information content (AvgIpc) is 2.53. The molecule has 0 aliphatic heterocycles. The molecule has 0 fully saturated rings. The molecule has 0 aliphatic carbocycles. The zero-order valence-corrected chi connectivity index (χ0v) is 14.0. The fraction of sp³-hybridized carbons (Fsp3) is 0.176. The Hall–Kier alpha value is -2.06. The smallest absolute Gasteiger partial charge is 0.279 e. The van der Waals surface area contributed by atoms with Crippen LogP contribution in [0.25, 0.3) is 0 Å². The summed E-state index contributed by atoms with van der Waals surface area (Å²) >= 11 is 12.1. The second-order valence-corrected chi connectivity index (χ2v) is 5.92. The van der Waals surface area contributed by atoms with E-state index >= 15 is 0 Å². The van der Waals surface area contributed by atoms with Gasteiger partial charge >= 0.3 is 0 Å². The molecule has 0 unspecified atom stereocenters. The van der Waals surface area contributed by atoms with E-state index in [1.165, 1.54) is 0 Å². The van der Waals surface area contributed by atoms with E-state index < -0.39 is 0 Å². The van der Waals surface area contributed by atoms with Gasteiger partial charge in [-0.2, -0.15) is 5.26 Å². The molecule has 2 aromatic rings. The van der Waals surface area contributed by atoms with Crippen molar-refractivity contribution in [2.24, 2.45) is 0 Å². The van der Waals surface area contributed by atoms with Gasteiger partial charge in [0.25, 0.3) is 5.91 Å². The number of rotatable bonds is 5. The van der Waals surface area contributed by atoms with Gasteiger partial charge in [0.15, 0.2) is 6.54 Å². The van der Waals surface area contributed by atoms with Crippen molar-refractivity contribution in [2.45, 2.75) is 13.0 Å². The van der Waals surface area contributed by atoms with E-state index in [-0.39, 0.29) is 18.5 Å². The summed E-state index contributed by atoms with van der Waals surface area (Å²) in [6, 6.07) is 14.4. The Bertz CT molecular complexity index is 756. The summed E-state index contributed by atoms with van der Waals surface area (Å²) in [6.07, 6.45) is 0. The van der Waals surface area contributed by atoms with Gasteiger partial charge in [-0.25, -0.2) is 0 Å². The van der Waals surface area contributed by atoms with Crippen molar-refractivity contribution < 1.29 is 10.1 Å². The summed E-state index contributed by atoms with van der Waals surface area (Å²) in [5, 5.41) is 14.5. The minimum Gasteiger partial charge on any atom is -0.332 e. The number of hydrogen-bond acceptors (Lipinski definition) is 2. The van der Waals surface area contributed by atoms with Gasteiger partial charge in [-0.1, -0.05) is 41.4 Å². The van der Waals surface area contributed by atoms with Crippen LogP contribution in [0.15, 0.2) is 42.5 Å². The van der Waals surface area contributed by atoms with Gasteiger partial charge in [-0.05, 0) is 31.2 Å². The van der Waals surface area contributed by atoms with Crippen LogP contribution < -0.4 is 10.6 Å². The van der Waals surface area contributed by atoms with E-state index in [1.807, 2.05) is 42.6 Å². The van der Waals surface area contributed by atoms with Gasteiger partial charge in [-0.3, -0.25) is 4.79 Å². The predicted octanol–water partition coefficient (Wildman–Crippen LogP) is 3.13. The lowest BCUT2D eigenvalue weighted by Gasteiger charge is -2.12. The van der Waals surface area contributed by atoms with Crippen LogP contribution in [-0.2, 0) is 4.79 Å². The number of amides is 1. The number of benzene rings is 2. The molecule has 23 heavy (non-hydrogen) atoms. The van der Waals surface area contributed by atoms with Gasteiger partial charge < -0.3 is 10.6 Å². The zero-order valence-electron chi connectivity index (χ0n) is 12.5. The van der Waals surface area contributed by atoms with Crippen molar-refractivity contribution in [2.75, 3.05) is 11.9 Å². The highest BCUT2D eigenvalue weighted by atomic mass is 35.5. The summed E-state index contributed by atoms with van der Waals surface area (Å²) in [4.78, 5) is 12.0. The molecule has 6 heteroatoms. The highest BCUT2D eigenvalue weighted by Crippen LogP contribution is 2.20. The van der Waals surface area contributed by atoms with Crippen molar-refractivity contribution in [1.82, 2.24) is 0 Å². The molecule has 0 radical (unpaired) electrons. The standard InChI is InChI=1S/C17H15Cl2N3O/c1-11(14-4-2-3-5-15(14)18)21-10-17(23)22-13-7-6-12(9-20)16(19)8-13/h2-8,11,21H,10H2,1H3,(H,22,23)/p+1/t11-/m0/s1. The lowest BCUT2D eigenvalue weighted by atomic mass is 10.1. The van der Waals surface area contributed by atoms with Crippen LogP contribution in [0.5, 0.6) is 0 Å². The average molecular weight is 349 g/mol. The van der Waals surface area contributed by atoms with Crippen LogP contribution in [0.4, 0.5) is 5.69 Å². The van der Waals surface area contributed by atoms with E-state index in [1.54, 1.807) is 18.2 Å². The fourth-order valence-corrected chi connectivity index (χ4v) is 2.68. The molecule has 118 valence electrons. The van der Waals surface area contributed by atoms with Gasteiger partial charge in [0, 0.05) is 16.3 Å². The zero-order chi connectivity index (χ0) is 16.8. The number of quaternary nitrogens is 1. The van der Waals surface area contributed by atoms with Crippen LogP contribution in [0, 0.1) is 11.3 Å². The van der Waals surface area contributed by atoms with E-state index in [0.717, 1.165) is 5.56 Å². The summed E-state index contributed by atoms with van der Waals surface area (Å²) < 4.78 is 0. The molecular formula is C17H16Cl2N3O+. The fourth-order valence-electron chi connectivity index (χ4n) is 2.15. The molecule has 1 amide bonds. The highest BCUT2D eigenvalue weighted by molar-refractivity contribution is 6.32. The molecule has 0 bridgehead atoms. The first-order valence-electron chi connectivity index (χ1n) is 7.08.